The predicted molar refractivity (Wildman–Crippen MR) is 173 cm³/mol. The number of nitrogens with zero attached hydrogens (tertiary/aromatic N) is 1. The number of primary amides is 1. The van der Waals surface area contributed by atoms with E-state index >= 15 is 0 Å². The van der Waals surface area contributed by atoms with Gasteiger partial charge in [0.05, 0.1) is 4.92 Å². The third kappa shape index (κ3) is 7.10. The summed E-state index contributed by atoms with van der Waals surface area (Å²) in [6.45, 7) is 0.210. The van der Waals surface area contributed by atoms with Crippen LogP contribution in [0.1, 0.15) is 22.3 Å². The highest BCUT2D eigenvalue weighted by molar-refractivity contribution is 5.98. The number of amides is 4. The van der Waals surface area contributed by atoms with Crippen molar-refractivity contribution in [2.75, 3.05) is 0 Å². The molecule has 1 fully saturated rings. The largest absolute Gasteiger partial charge is 0.502 e. The molecule has 4 amide bonds. The highest BCUT2D eigenvalue weighted by atomic mass is 16.6. The summed E-state index contributed by atoms with van der Waals surface area (Å²) >= 11 is 0. The van der Waals surface area contributed by atoms with Gasteiger partial charge in [0.25, 0.3) is 11.8 Å². The summed E-state index contributed by atoms with van der Waals surface area (Å²) < 4.78 is 5.38. The van der Waals surface area contributed by atoms with E-state index in [1.165, 1.54) is 6.07 Å². The first-order chi connectivity index (χ1) is 23.1. The minimum atomic E-state index is -1.34. The van der Waals surface area contributed by atoms with Gasteiger partial charge < -0.3 is 31.5 Å². The molecule has 13 heteroatoms. The van der Waals surface area contributed by atoms with E-state index in [1.54, 1.807) is 0 Å². The number of ether oxygens (including phenoxy) is 1. The number of fused-ring (bicyclic) bond motifs is 2. The van der Waals surface area contributed by atoms with E-state index in [9.17, 15) is 34.4 Å². The third-order valence-corrected chi connectivity index (χ3v) is 8.76. The van der Waals surface area contributed by atoms with Crippen molar-refractivity contribution in [3.63, 3.8) is 0 Å². The highest BCUT2D eigenvalue weighted by Gasteiger charge is 2.51. The Kier molecular flexibility index (Phi) is 9.04. The Hall–Kier alpha value is -5.82. The number of carbonyl (C=O) groups excluding carboxylic acids is 4. The Morgan fingerprint density at radius 2 is 1.50 bits per heavy atom. The van der Waals surface area contributed by atoms with Crippen LogP contribution in [0.4, 0.5) is 5.69 Å². The lowest BCUT2D eigenvalue weighted by atomic mass is 9.95. The summed E-state index contributed by atoms with van der Waals surface area (Å²) in [5.74, 6) is -3.65. The van der Waals surface area contributed by atoms with Gasteiger partial charge in [-0.25, -0.2) is 0 Å². The fourth-order valence-electron chi connectivity index (χ4n) is 6.19. The maximum absolute atomic E-state index is 13.7. The number of hydrogen-bond donors (Lipinski definition) is 5. The van der Waals surface area contributed by atoms with E-state index in [0.717, 1.165) is 39.6 Å². The summed E-state index contributed by atoms with van der Waals surface area (Å²) in [5, 5.41) is 31.4. The second-order valence-corrected chi connectivity index (χ2v) is 12.0. The number of phenols is 1. The zero-order valence-electron chi connectivity index (χ0n) is 25.6. The molecular formula is C35H33N5O8. The minimum absolute atomic E-state index is 0.210. The molecule has 1 aliphatic heterocycles. The molecule has 6 N–H and O–H groups in total. The molecule has 4 aromatic rings. The topological polar surface area (TPSA) is 206 Å². The number of phenolic OH excluding ortho intramolecular Hbond substituents is 1. The molecule has 246 valence electrons. The highest BCUT2D eigenvalue weighted by Crippen LogP contribution is 2.30. The van der Waals surface area contributed by atoms with Crippen LogP contribution in [0.5, 0.6) is 5.75 Å². The molecule has 13 nitrogen and oxygen atoms in total. The number of hydrogen-bond acceptors (Lipinski definition) is 8. The monoisotopic (exact) mass is 651 g/mol. The summed E-state index contributed by atoms with van der Waals surface area (Å²) in [5.41, 5.74) is 8.34. The number of nitro groups is 1. The fourth-order valence-corrected chi connectivity index (χ4v) is 6.19. The first-order valence-corrected chi connectivity index (χ1v) is 15.4. The van der Waals surface area contributed by atoms with Gasteiger partial charge in [-0.2, -0.15) is 0 Å². The molecule has 4 aromatic carbocycles. The maximum atomic E-state index is 13.7. The van der Waals surface area contributed by atoms with Crippen LogP contribution in [0.25, 0.3) is 10.8 Å². The van der Waals surface area contributed by atoms with Gasteiger partial charge >= 0.3 is 5.69 Å². The Balaban J connectivity index is 1.13. The van der Waals surface area contributed by atoms with Gasteiger partial charge in [0, 0.05) is 19.0 Å². The quantitative estimate of drug-likeness (QED) is 0.0867. The smallest absolute Gasteiger partial charge is 0.310 e. The van der Waals surface area contributed by atoms with Crippen molar-refractivity contribution in [2.45, 2.75) is 50.1 Å². The van der Waals surface area contributed by atoms with E-state index < -0.39 is 64.3 Å². The molecule has 1 heterocycles. The van der Waals surface area contributed by atoms with Crippen LogP contribution in [0.3, 0.4) is 0 Å². The van der Waals surface area contributed by atoms with Crippen molar-refractivity contribution >= 4 is 40.1 Å². The molecule has 0 spiro atoms. The van der Waals surface area contributed by atoms with Crippen LogP contribution in [0.15, 0.2) is 84.9 Å². The van der Waals surface area contributed by atoms with Gasteiger partial charge in [-0.05, 0) is 63.9 Å². The van der Waals surface area contributed by atoms with E-state index in [4.69, 9.17) is 10.5 Å². The molecular weight excluding hydrogens is 618 g/mol. The number of rotatable bonds is 12. The van der Waals surface area contributed by atoms with Gasteiger partial charge in [-0.3, -0.25) is 29.3 Å². The van der Waals surface area contributed by atoms with Gasteiger partial charge in [0.1, 0.15) is 12.1 Å². The van der Waals surface area contributed by atoms with E-state index in [-0.39, 0.29) is 24.4 Å². The van der Waals surface area contributed by atoms with Crippen LogP contribution in [-0.2, 0) is 49.7 Å². The minimum Gasteiger partial charge on any atom is -0.502 e. The van der Waals surface area contributed by atoms with Crippen LogP contribution in [0.2, 0.25) is 0 Å². The molecule has 0 saturated carbocycles. The predicted octanol–water partition coefficient (Wildman–Crippen LogP) is 1.95. The summed E-state index contributed by atoms with van der Waals surface area (Å²) in [6, 6.07) is 22.5. The van der Waals surface area contributed by atoms with Crippen molar-refractivity contribution in [1.29, 1.82) is 0 Å². The van der Waals surface area contributed by atoms with Crippen LogP contribution in [0, 0.1) is 16.0 Å². The van der Waals surface area contributed by atoms with E-state index in [2.05, 4.69) is 16.0 Å². The molecule has 0 radical (unpaired) electrons. The number of aromatic hydroxyl groups is 1. The Morgan fingerprint density at radius 1 is 0.854 bits per heavy atom. The summed E-state index contributed by atoms with van der Waals surface area (Å²) in [6.07, 6.45) is -1.48. The van der Waals surface area contributed by atoms with Crippen molar-refractivity contribution in [2.24, 2.45) is 11.7 Å². The molecule has 2 aliphatic rings. The Labute approximate surface area is 274 Å². The SMILES string of the molecule is NC(=O)[C@H](NC(=O)[C@@H](Cc1ccc(O)c([N+](=O)[O-])c1)NC(=O)C1O[C@@H]1C(=O)NCc1ccc2ccccc2c1)C1Cc2ccccc2C1. The third-order valence-electron chi connectivity index (χ3n) is 8.76. The fraction of sp³-hybridized carbons (Fsp3) is 0.257. The first-order valence-electron chi connectivity index (χ1n) is 15.4. The van der Waals surface area contributed by atoms with Crippen molar-refractivity contribution in [3.05, 3.63) is 117 Å². The zero-order chi connectivity index (χ0) is 33.9. The molecule has 6 rings (SSSR count). The van der Waals surface area contributed by atoms with Crippen LogP contribution < -0.4 is 21.7 Å². The molecule has 48 heavy (non-hydrogen) atoms. The van der Waals surface area contributed by atoms with Crippen molar-refractivity contribution < 1.29 is 33.9 Å². The van der Waals surface area contributed by atoms with Gasteiger partial charge in [-0.1, -0.05) is 66.7 Å². The lowest BCUT2D eigenvalue weighted by Crippen LogP contribution is -2.56. The summed E-state index contributed by atoms with van der Waals surface area (Å²) in [7, 11) is 0. The van der Waals surface area contributed by atoms with Crippen LogP contribution in [-0.4, -0.2) is 58.0 Å². The number of epoxide rings is 1. The normalized spacial score (nSPS) is 17.9. The van der Waals surface area contributed by atoms with Gasteiger partial charge in [0.15, 0.2) is 18.0 Å². The molecule has 1 unspecified atom stereocenters. The number of carbonyl (C=O) groups is 4. The summed E-state index contributed by atoms with van der Waals surface area (Å²) in [4.78, 5) is 63.0. The number of benzene rings is 4. The van der Waals surface area contributed by atoms with Crippen LogP contribution >= 0.6 is 0 Å². The standard InChI is InChI=1S/C35H33N5O8/c36-32(42)29(25-16-23-7-3-4-8-24(23)17-25)39-33(43)26(14-19-10-12-28(41)27(15-19)40(46)47)38-35(45)31-30(48-31)34(44)37-18-20-9-11-21-5-1-2-6-22(21)13-20/h1-13,15,25-26,29-31,41H,14,16-18H2,(H2,36,42)(H,37,44)(H,38,45)(H,39,43)/t26-,29-,30+,31?/m1/s1. The average molecular weight is 652 g/mol. The molecule has 0 bridgehead atoms. The number of nitrogens with two attached hydrogens (primary N) is 1. The lowest BCUT2D eigenvalue weighted by molar-refractivity contribution is -0.385. The van der Waals surface area contributed by atoms with Gasteiger partial charge in [-0.15, -0.1) is 0 Å². The first kappa shape index (κ1) is 32.1. The number of nitro benzene ring substituents is 1. The van der Waals surface area contributed by atoms with Crippen molar-refractivity contribution in [1.82, 2.24) is 16.0 Å². The van der Waals surface area contributed by atoms with E-state index in [1.807, 2.05) is 66.7 Å². The molecule has 1 saturated heterocycles. The number of nitrogens with one attached hydrogen (secondary N) is 3. The molecule has 1 aliphatic carbocycles. The zero-order valence-corrected chi connectivity index (χ0v) is 25.6. The average Bonchev–Trinajstić information content (AvgIpc) is 3.77. The van der Waals surface area contributed by atoms with E-state index in [0.29, 0.717) is 12.8 Å². The molecule has 0 aromatic heterocycles. The lowest BCUT2D eigenvalue weighted by Gasteiger charge is -2.25. The molecule has 4 atom stereocenters. The Bertz CT molecular complexity index is 1910. The Morgan fingerprint density at radius 3 is 2.19 bits per heavy atom. The second-order valence-electron chi connectivity index (χ2n) is 12.0. The van der Waals surface area contributed by atoms with Gasteiger partial charge in [0.2, 0.25) is 11.8 Å². The van der Waals surface area contributed by atoms with Crippen molar-refractivity contribution in [3.8, 4) is 5.75 Å². The second kappa shape index (κ2) is 13.5. The maximum Gasteiger partial charge on any atom is 0.310 e.